The van der Waals surface area contributed by atoms with Crippen LogP contribution >= 0.6 is 0 Å². The molecule has 0 aromatic carbocycles. The van der Waals surface area contributed by atoms with Crippen molar-refractivity contribution in [1.82, 2.24) is 5.32 Å². The fourth-order valence-electron chi connectivity index (χ4n) is 2.24. The zero-order valence-electron chi connectivity index (χ0n) is 11.3. The van der Waals surface area contributed by atoms with Crippen LogP contribution in [0.2, 0.25) is 0 Å². The van der Waals surface area contributed by atoms with Gasteiger partial charge in [-0.05, 0) is 31.2 Å². The lowest BCUT2D eigenvalue weighted by atomic mass is 9.77. The van der Waals surface area contributed by atoms with Crippen molar-refractivity contribution in [2.24, 2.45) is 5.41 Å². The molecule has 4 nitrogen and oxygen atoms in total. The highest BCUT2D eigenvalue weighted by Crippen LogP contribution is 2.33. The number of methoxy groups -OCH3 is 1. The van der Waals surface area contributed by atoms with E-state index in [0.717, 1.165) is 52.2 Å². The average Bonchev–Trinajstić information content (AvgIpc) is 2.37. The molecule has 1 heterocycles. The lowest BCUT2D eigenvalue weighted by Crippen LogP contribution is -2.40. The maximum absolute atomic E-state index is 5.59. The van der Waals surface area contributed by atoms with Crippen LogP contribution in [-0.2, 0) is 14.2 Å². The normalized spacial score (nSPS) is 19.4. The second kappa shape index (κ2) is 8.86. The van der Waals surface area contributed by atoms with Crippen LogP contribution in [-0.4, -0.2) is 53.2 Å². The molecular formula is C13H27NO3. The van der Waals surface area contributed by atoms with Crippen molar-refractivity contribution in [1.29, 1.82) is 0 Å². The molecule has 0 aliphatic carbocycles. The van der Waals surface area contributed by atoms with E-state index in [1.807, 2.05) is 0 Å². The first-order valence-electron chi connectivity index (χ1n) is 6.68. The number of hydrogen-bond acceptors (Lipinski definition) is 4. The highest BCUT2D eigenvalue weighted by molar-refractivity contribution is 4.83. The van der Waals surface area contributed by atoms with Gasteiger partial charge in [0.15, 0.2) is 0 Å². The summed E-state index contributed by atoms with van der Waals surface area (Å²) in [6, 6.07) is 0. The maximum atomic E-state index is 5.59. The van der Waals surface area contributed by atoms with Gasteiger partial charge in [0, 0.05) is 33.5 Å². The Hall–Kier alpha value is -0.160. The zero-order chi connectivity index (χ0) is 12.4. The number of ether oxygens (including phenoxy) is 3. The van der Waals surface area contributed by atoms with Gasteiger partial charge in [-0.15, -0.1) is 0 Å². The number of hydrogen-bond donors (Lipinski definition) is 1. The Bertz CT molecular complexity index is 182. The lowest BCUT2D eigenvalue weighted by Gasteiger charge is -2.37. The summed E-state index contributed by atoms with van der Waals surface area (Å²) in [6.45, 7) is 8.27. The van der Waals surface area contributed by atoms with Gasteiger partial charge in [-0.3, -0.25) is 0 Å². The predicted octanol–water partition coefficient (Wildman–Crippen LogP) is 1.45. The quantitative estimate of drug-likeness (QED) is 0.624. The molecule has 4 heteroatoms. The first-order chi connectivity index (χ1) is 8.33. The molecule has 0 saturated carbocycles. The van der Waals surface area contributed by atoms with Gasteiger partial charge in [-0.1, -0.05) is 6.92 Å². The summed E-state index contributed by atoms with van der Waals surface area (Å²) in [4.78, 5) is 0. The summed E-state index contributed by atoms with van der Waals surface area (Å²) in [5.41, 5.74) is 0.376. The molecule has 102 valence electrons. The molecule has 1 N–H and O–H groups in total. The number of rotatable bonds is 9. The molecule has 1 aliphatic heterocycles. The molecule has 0 aromatic heterocycles. The average molecular weight is 245 g/mol. The largest absolute Gasteiger partial charge is 0.382 e. The van der Waals surface area contributed by atoms with Crippen LogP contribution < -0.4 is 5.32 Å². The van der Waals surface area contributed by atoms with Gasteiger partial charge in [-0.2, -0.15) is 0 Å². The van der Waals surface area contributed by atoms with E-state index in [1.165, 1.54) is 0 Å². The molecular weight excluding hydrogens is 218 g/mol. The van der Waals surface area contributed by atoms with Gasteiger partial charge in [0.1, 0.15) is 0 Å². The Morgan fingerprint density at radius 1 is 1.18 bits per heavy atom. The molecule has 0 radical (unpaired) electrons. The SMILES string of the molecule is CCNCC1(CCOCCOC)CCOCC1. The second-order valence-corrected chi connectivity index (χ2v) is 4.75. The molecule has 1 fully saturated rings. The minimum atomic E-state index is 0.376. The topological polar surface area (TPSA) is 39.7 Å². The second-order valence-electron chi connectivity index (χ2n) is 4.75. The third-order valence-corrected chi connectivity index (χ3v) is 3.51. The van der Waals surface area contributed by atoms with E-state index in [4.69, 9.17) is 14.2 Å². The molecule has 0 unspecified atom stereocenters. The van der Waals surface area contributed by atoms with E-state index in [9.17, 15) is 0 Å². The summed E-state index contributed by atoms with van der Waals surface area (Å²) < 4.78 is 16.0. The van der Waals surface area contributed by atoms with E-state index >= 15 is 0 Å². The van der Waals surface area contributed by atoms with Gasteiger partial charge in [0.25, 0.3) is 0 Å². The summed E-state index contributed by atoms with van der Waals surface area (Å²) in [7, 11) is 1.70. The third-order valence-electron chi connectivity index (χ3n) is 3.51. The van der Waals surface area contributed by atoms with Gasteiger partial charge in [0.2, 0.25) is 0 Å². The minimum Gasteiger partial charge on any atom is -0.382 e. The van der Waals surface area contributed by atoms with Gasteiger partial charge in [-0.25, -0.2) is 0 Å². The summed E-state index contributed by atoms with van der Waals surface area (Å²) in [5, 5.41) is 3.48. The van der Waals surface area contributed by atoms with Gasteiger partial charge in [0.05, 0.1) is 13.2 Å². The van der Waals surface area contributed by atoms with E-state index in [2.05, 4.69) is 12.2 Å². The predicted molar refractivity (Wildman–Crippen MR) is 68.3 cm³/mol. The van der Waals surface area contributed by atoms with Crippen LogP contribution in [0.25, 0.3) is 0 Å². The lowest BCUT2D eigenvalue weighted by molar-refractivity contribution is -0.0110. The van der Waals surface area contributed by atoms with Crippen LogP contribution in [0, 0.1) is 5.41 Å². The van der Waals surface area contributed by atoms with Crippen LogP contribution in [0.1, 0.15) is 26.2 Å². The molecule has 1 rings (SSSR count). The fraction of sp³-hybridized carbons (Fsp3) is 1.00. The Labute approximate surface area is 105 Å². The highest BCUT2D eigenvalue weighted by atomic mass is 16.5. The van der Waals surface area contributed by atoms with Crippen molar-refractivity contribution in [2.75, 3.05) is 53.2 Å². The Balaban J connectivity index is 2.24. The Morgan fingerprint density at radius 2 is 1.94 bits per heavy atom. The molecule has 0 spiro atoms. The molecule has 17 heavy (non-hydrogen) atoms. The third kappa shape index (κ3) is 5.82. The molecule has 1 aliphatic rings. The van der Waals surface area contributed by atoms with Crippen LogP contribution in [0.15, 0.2) is 0 Å². The van der Waals surface area contributed by atoms with Crippen LogP contribution in [0.4, 0.5) is 0 Å². The number of nitrogens with one attached hydrogen (secondary N) is 1. The zero-order valence-corrected chi connectivity index (χ0v) is 11.3. The molecule has 0 aromatic rings. The van der Waals surface area contributed by atoms with Crippen molar-refractivity contribution >= 4 is 0 Å². The molecule has 1 saturated heterocycles. The standard InChI is InChI=1S/C13H27NO3/c1-3-14-12-13(4-7-16-8-5-13)6-9-17-11-10-15-2/h14H,3-12H2,1-2H3. The maximum Gasteiger partial charge on any atom is 0.0700 e. The van der Waals surface area contributed by atoms with Gasteiger partial charge >= 0.3 is 0 Å². The first kappa shape index (κ1) is 14.9. The smallest absolute Gasteiger partial charge is 0.0700 e. The highest BCUT2D eigenvalue weighted by Gasteiger charge is 2.31. The summed E-state index contributed by atoms with van der Waals surface area (Å²) in [5.74, 6) is 0. The van der Waals surface area contributed by atoms with Crippen molar-refractivity contribution < 1.29 is 14.2 Å². The Morgan fingerprint density at radius 3 is 2.59 bits per heavy atom. The summed E-state index contributed by atoms with van der Waals surface area (Å²) >= 11 is 0. The van der Waals surface area contributed by atoms with E-state index in [0.29, 0.717) is 18.6 Å². The minimum absolute atomic E-state index is 0.376. The van der Waals surface area contributed by atoms with Crippen LogP contribution in [0.5, 0.6) is 0 Å². The summed E-state index contributed by atoms with van der Waals surface area (Å²) in [6.07, 6.45) is 3.41. The van der Waals surface area contributed by atoms with Crippen LogP contribution in [0.3, 0.4) is 0 Å². The van der Waals surface area contributed by atoms with Crippen molar-refractivity contribution in [3.8, 4) is 0 Å². The van der Waals surface area contributed by atoms with E-state index < -0.39 is 0 Å². The van der Waals surface area contributed by atoms with E-state index in [-0.39, 0.29) is 0 Å². The first-order valence-corrected chi connectivity index (χ1v) is 6.68. The Kier molecular flexibility index (Phi) is 7.77. The van der Waals surface area contributed by atoms with Crippen molar-refractivity contribution in [2.45, 2.75) is 26.2 Å². The van der Waals surface area contributed by atoms with E-state index in [1.54, 1.807) is 7.11 Å². The molecule has 0 atom stereocenters. The molecule has 0 amide bonds. The van der Waals surface area contributed by atoms with Crippen molar-refractivity contribution in [3.05, 3.63) is 0 Å². The monoisotopic (exact) mass is 245 g/mol. The molecule has 0 bridgehead atoms. The van der Waals surface area contributed by atoms with Crippen molar-refractivity contribution in [3.63, 3.8) is 0 Å². The van der Waals surface area contributed by atoms with Gasteiger partial charge < -0.3 is 19.5 Å². The fourth-order valence-corrected chi connectivity index (χ4v) is 2.24.